The number of aromatic nitrogens is 1. The number of carbonyl (C=O) groups is 2. The highest BCUT2D eigenvalue weighted by Crippen LogP contribution is 2.28. The van der Waals surface area contributed by atoms with E-state index >= 15 is 0 Å². The summed E-state index contributed by atoms with van der Waals surface area (Å²) in [5, 5.41) is 2.89. The SMILES string of the molecule is NCCc1ccc(C(=O)Nc2ccncc2)cc1-c1cccc(C(=O)OCC2CCc3ccccc3C2)c1. The third kappa shape index (κ3) is 5.98. The molecule has 1 heterocycles. The maximum Gasteiger partial charge on any atom is 0.338 e. The number of esters is 1. The van der Waals surface area contributed by atoms with Crippen molar-refractivity contribution in [3.63, 3.8) is 0 Å². The molecule has 0 radical (unpaired) electrons. The monoisotopic (exact) mass is 505 g/mol. The van der Waals surface area contributed by atoms with Crippen molar-refractivity contribution in [1.82, 2.24) is 4.98 Å². The molecule has 4 aromatic rings. The first-order valence-electron chi connectivity index (χ1n) is 13.0. The van der Waals surface area contributed by atoms with Gasteiger partial charge in [-0.1, -0.05) is 42.5 Å². The van der Waals surface area contributed by atoms with Crippen molar-refractivity contribution in [3.05, 3.63) is 119 Å². The molecule has 3 N–H and O–H groups in total. The number of carbonyl (C=O) groups excluding carboxylic acids is 2. The molecule has 0 saturated heterocycles. The number of benzene rings is 3. The van der Waals surface area contributed by atoms with Crippen LogP contribution in [-0.2, 0) is 24.0 Å². The average Bonchev–Trinajstić information content (AvgIpc) is 2.96. The van der Waals surface area contributed by atoms with Gasteiger partial charge in [0.15, 0.2) is 0 Å². The van der Waals surface area contributed by atoms with Crippen LogP contribution in [-0.4, -0.2) is 30.0 Å². The van der Waals surface area contributed by atoms with Crippen LogP contribution in [0.5, 0.6) is 0 Å². The summed E-state index contributed by atoms with van der Waals surface area (Å²) in [7, 11) is 0. The molecule has 1 unspecified atom stereocenters. The Balaban J connectivity index is 1.32. The van der Waals surface area contributed by atoms with Crippen molar-refractivity contribution < 1.29 is 14.3 Å². The van der Waals surface area contributed by atoms with Gasteiger partial charge in [-0.3, -0.25) is 9.78 Å². The molecule has 38 heavy (non-hydrogen) atoms. The number of pyridine rings is 1. The Labute approximate surface area is 222 Å². The number of nitrogens with zero attached hydrogens (tertiary/aromatic N) is 1. The summed E-state index contributed by atoms with van der Waals surface area (Å²) >= 11 is 0. The van der Waals surface area contributed by atoms with Crippen LogP contribution in [0.3, 0.4) is 0 Å². The molecule has 0 bridgehead atoms. The quantitative estimate of drug-likeness (QED) is 0.310. The van der Waals surface area contributed by atoms with E-state index in [1.54, 1.807) is 36.7 Å². The molecular formula is C32H31N3O3. The fourth-order valence-electron chi connectivity index (χ4n) is 5.00. The molecule has 1 aromatic heterocycles. The summed E-state index contributed by atoms with van der Waals surface area (Å²) in [6.45, 7) is 0.877. The number of rotatable bonds is 8. The topological polar surface area (TPSA) is 94.3 Å². The zero-order chi connectivity index (χ0) is 26.3. The Morgan fingerprint density at radius 3 is 2.55 bits per heavy atom. The van der Waals surface area contributed by atoms with Gasteiger partial charge in [0, 0.05) is 23.6 Å². The van der Waals surface area contributed by atoms with Crippen LogP contribution in [0.25, 0.3) is 11.1 Å². The van der Waals surface area contributed by atoms with E-state index in [0.717, 1.165) is 36.0 Å². The molecule has 0 fully saturated rings. The van der Waals surface area contributed by atoms with E-state index in [4.69, 9.17) is 10.5 Å². The van der Waals surface area contributed by atoms with Crippen LogP contribution in [0, 0.1) is 5.92 Å². The van der Waals surface area contributed by atoms with Crippen molar-refractivity contribution >= 4 is 17.6 Å². The van der Waals surface area contributed by atoms with E-state index in [1.807, 2.05) is 30.3 Å². The number of amides is 1. The highest BCUT2D eigenvalue weighted by Gasteiger charge is 2.20. The van der Waals surface area contributed by atoms with Crippen LogP contribution >= 0.6 is 0 Å². The van der Waals surface area contributed by atoms with Crippen molar-refractivity contribution in [2.24, 2.45) is 11.7 Å². The van der Waals surface area contributed by atoms with Crippen LogP contribution in [0.15, 0.2) is 91.3 Å². The predicted octanol–water partition coefficient (Wildman–Crippen LogP) is 5.46. The van der Waals surface area contributed by atoms with Crippen LogP contribution in [0.1, 0.15) is 43.8 Å². The van der Waals surface area contributed by atoms with Crippen molar-refractivity contribution in [2.45, 2.75) is 25.7 Å². The third-order valence-electron chi connectivity index (χ3n) is 7.03. The average molecular weight is 506 g/mol. The van der Waals surface area contributed by atoms with Crippen molar-refractivity contribution in [3.8, 4) is 11.1 Å². The molecular weight excluding hydrogens is 474 g/mol. The van der Waals surface area contributed by atoms with E-state index in [2.05, 4.69) is 34.6 Å². The second kappa shape index (κ2) is 11.8. The minimum Gasteiger partial charge on any atom is -0.462 e. The van der Waals surface area contributed by atoms with Gasteiger partial charge in [-0.05, 0) is 102 Å². The fraction of sp³-hybridized carbons (Fsp3) is 0.219. The molecule has 0 saturated carbocycles. The number of anilines is 1. The van der Waals surface area contributed by atoms with E-state index in [9.17, 15) is 9.59 Å². The summed E-state index contributed by atoms with van der Waals surface area (Å²) in [6, 6.07) is 24.9. The molecule has 1 atom stereocenters. The number of hydrogen-bond donors (Lipinski definition) is 2. The largest absolute Gasteiger partial charge is 0.462 e. The zero-order valence-corrected chi connectivity index (χ0v) is 21.2. The maximum absolute atomic E-state index is 13.0. The van der Waals surface area contributed by atoms with E-state index < -0.39 is 0 Å². The Morgan fingerprint density at radius 2 is 1.74 bits per heavy atom. The lowest BCUT2D eigenvalue weighted by Gasteiger charge is -2.24. The molecule has 1 amide bonds. The second-order valence-corrected chi connectivity index (χ2v) is 9.66. The summed E-state index contributed by atoms with van der Waals surface area (Å²) in [4.78, 5) is 29.9. The van der Waals surface area contributed by atoms with E-state index in [1.165, 1.54) is 11.1 Å². The second-order valence-electron chi connectivity index (χ2n) is 9.66. The minimum absolute atomic E-state index is 0.221. The van der Waals surface area contributed by atoms with Gasteiger partial charge in [0.05, 0.1) is 12.2 Å². The number of nitrogens with one attached hydrogen (secondary N) is 1. The van der Waals surface area contributed by atoms with Crippen molar-refractivity contribution in [2.75, 3.05) is 18.5 Å². The van der Waals surface area contributed by atoms with E-state index in [-0.39, 0.29) is 11.9 Å². The number of ether oxygens (including phenoxy) is 1. The summed E-state index contributed by atoms with van der Waals surface area (Å²) in [5.41, 5.74) is 13.0. The zero-order valence-electron chi connectivity index (χ0n) is 21.2. The first-order valence-corrected chi connectivity index (χ1v) is 13.0. The van der Waals surface area contributed by atoms with Crippen molar-refractivity contribution in [1.29, 1.82) is 0 Å². The maximum atomic E-state index is 13.0. The van der Waals surface area contributed by atoms with Gasteiger partial charge in [-0.2, -0.15) is 0 Å². The van der Waals surface area contributed by atoms with Gasteiger partial charge in [-0.15, -0.1) is 0 Å². The molecule has 192 valence electrons. The van der Waals surface area contributed by atoms with Gasteiger partial charge in [-0.25, -0.2) is 4.79 Å². The lowest BCUT2D eigenvalue weighted by molar-refractivity contribution is 0.0428. The molecule has 3 aromatic carbocycles. The molecule has 6 nitrogen and oxygen atoms in total. The first-order chi connectivity index (χ1) is 18.6. The van der Waals surface area contributed by atoms with Crippen LogP contribution in [0.2, 0.25) is 0 Å². The van der Waals surface area contributed by atoms with Crippen LogP contribution < -0.4 is 11.1 Å². The number of hydrogen-bond acceptors (Lipinski definition) is 5. The summed E-state index contributed by atoms with van der Waals surface area (Å²) in [5.74, 6) is -0.234. The molecule has 1 aliphatic carbocycles. The molecule has 0 spiro atoms. The number of aryl methyl sites for hydroxylation is 1. The van der Waals surface area contributed by atoms with Gasteiger partial charge >= 0.3 is 5.97 Å². The molecule has 0 aliphatic heterocycles. The van der Waals surface area contributed by atoms with Gasteiger partial charge in [0.25, 0.3) is 5.91 Å². The van der Waals surface area contributed by atoms with Gasteiger partial charge in [0.2, 0.25) is 0 Å². The molecule has 5 rings (SSSR count). The Hall–Kier alpha value is -4.29. The molecule has 6 heteroatoms. The van der Waals surface area contributed by atoms with Crippen LogP contribution in [0.4, 0.5) is 5.69 Å². The minimum atomic E-state index is -0.335. The first kappa shape index (κ1) is 25.4. The Bertz CT molecular complexity index is 1440. The summed E-state index contributed by atoms with van der Waals surface area (Å²) in [6.07, 6.45) is 6.87. The fourth-order valence-corrected chi connectivity index (χ4v) is 5.00. The highest BCUT2D eigenvalue weighted by molar-refractivity contribution is 6.05. The Morgan fingerprint density at radius 1 is 0.921 bits per heavy atom. The normalized spacial score (nSPS) is 14.4. The van der Waals surface area contributed by atoms with Gasteiger partial charge < -0.3 is 15.8 Å². The smallest absolute Gasteiger partial charge is 0.338 e. The standard InChI is InChI=1S/C32H31N3O3/c33-15-12-24-10-11-27(31(36)35-29-13-16-34-17-14-29)20-30(24)26-6-3-7-28(19-26)32(37)38-21-22-8-9-23-4-1-2-5-25(23)18-22/h1-7,10-11,13-14,16-17,19-20,22H,8-9,12,15,18,21,33H2,(H,34,35,36). The molecule has 1 aliphatic rings. The highest BCUT2D eigenvalue weighted by atomic mass is 16.5. The third-order valence-corrected chi connectivity index (χ3v) is 7.03. The number of fused-ring (bicyclic) bond motifs is 1. The summed E-state index contributed by atoms with van der Waals surface area (Å²) < 4.78 is 5.75. The van der Waals surface area contributed by atoms with Gasteiger partial charge in [0.1, 0.15) is 0 Å². The number of nitrogens with two attached hydrogens (primary N) is 1. The lowest BCUT2D eigenvalue weighted by atomic mass is 9.84. The predicted molar refractivity (Wildman–Crippen MR) is 149 cm³/mol. The van der Waals surface area contributed by atoms with E-state index in [0.29, 0.717) is 42.3 Å². The Kier molecular flexibility index (Phi) is 7.90. The lowest BCUT2D eigenvalue weighted by Crippen LogP contribution is -2.21.